The number of aliphatic hydroxyl groups excluding tert-OH is 2. The lowest BCUT2D eigenvalue weighted by Crippen LogP contribution is -2.43. The molecule has 0 aromatic heterocycles. The number of carbonyl (C=O) groups excluding carboxylic acids is 2. The standard InChI is InChI=1S/C19H29NO6/c1-7-26-19(24)17(22)16(21)13-9-8-10-14(25-6)15(13)18(23)20(11(2)3)12(4)5/h8-12,16-17,21-22H,7H2,1-6H3. The molecule has 1 aromatic rings. The van der Waals surface area contributed by atoms with Gasteiger partial charge in [0.2, 0.25) is 0 Å². The number of ether oxygens (including phenoxy) is 2. The topological polar surface area (TPSA) is 96.3 Å². The van der Waals surface area contributed by atoms with Crippen LogP contribution >= 0.6 is 0 Å². The summed E-state index contributed by atoms with van der Waals surface area (Å²) in [6, 6.07) is 4.49. The Kier molecular flexibility index (Phi) is 8.05. The monoisotopic (exact) mass is 367 g/mol. The van der Waals surface area contributed by atoms with Crippen molar-refractivity contribution in [2.75, 3.05) is 13.7 Å². The van der Waals surface area contributed by atoms with Crippen LogP contribution in [0.1, 0.15) is 56.6 Å². The van der Waals surface area contributed by atoms with Crippen LogP contribution in [0.5, 0.6) is 5.75 Å². The summed E-state index contributed by atoms with van der Waals surface area (Å²) in [5, 5.41) is 20.6. The molecule has 2 unspecified atom stereocenters. The number of aliphatic hydroxyl groups is 2. The number of methoxy groups -OCH3 is 1. The number of hydrogen-bond acceptors (Lipinski definition) is 6. The summed E-state index contributed by atoms with van der Waals surface area (Å²) in [6.45, 7) is 9.21. The molecular weight excluding hydrogens is 338 g/mol. The average Bonchev–Trinajstić information content (AvgIpc) is 2.59. The summed E-state index contributed by atoms with van der Waals surface area (Å²) in [6.07, 6.45) is -3.43. The molecule has 0 aliphatic rings. The van der Waals surface area contributed by atoms with Crippen LogP contribution < -0.4 is 4.74 Å². The molecule has 7 heteroatoms. The van der Waals surface area contributed by atoms with Crippen molar-refractivity contribution in [1.82, 2.24) is 4.90 Å². The van der Waals surface area contributed by atoms with Crippen LogP contribution in [-0.2, 0) is 9.53 Å². The minimum Gasteiger partial charge on any atom is -0.496 e. The van der Waals surface area contributed by atoms with Gasteiger partial charge in [0, 0.05) is 17.6 Å². The lowest BCUT2D eigenvalue weighted by molar-refractivity contribution is -0.159. The number of hydrogen-bond donors (Lipinski definition) is 2. The quantitative estimate of drug-likeness (QED) is 0.682. The van der Waals surface area contributed by atoms with Crippen molar-refractivity contribution in [3.8, 4) is 5.75 Å². The summed E-state index contributed by atoms with van der Waals surface area (Å²) in [4.78, 5) is 26.6. The second kappa shape index (κ2) is 9.54. The molecule has 1 amide bonds. The third kappa shape index (κ3) is 4.74. The van der Waals surface area contributed by atoms with Crippen molar-refractivity contribution in [3.05, 3.63) is 29.3 Å². The first-order chi connectivity index (χ1) is 12.2. The highest BCUT2D eigenvalue weighted by Gasteiger charge is 2.34. The molecular formula is C19H29NO6. The van der Waals surface area contributed by atoms with Crippen molar-refractivity contribution >= 4 is 11.9 Å². The molecule has 2 N–H and O–H groups in total. The Hall–Kier alpha value is -2.12. The Morgan fingerprint density at radius 2 is 1.69 bits per heavy atom. The van der Waals surface area contributed by atoms with Gasteiger partial charge in [0.15, 0.2) is 6.10 Å². The Morgan fingerprint density at radius 3 is 2.15 bits per heavy atom. The van der Waals surface area contributed by atoms with E-state index in [4.69, 9.17) is 9.47 Å². The van der Waals surface area contributed by atoms with Gasteiger partial charge in [-0.3, -0.25) is 4.79 Å². The molecule has 26 heavy (non-hydrogen) atoms. The van der Waals surface area contributed by atoms with Crippen LogP contribution in [0.15, 0.2) is 18.2 Å². The fraction of sp³-hybridized carbons (Fsp3) is 0.579. The molecule has 2 atom stereocenters. The van der Waals surface area contributed by atoms with Crippen molar-refractivity contribution in [1.29, 1.82) is 0 Å². The maximum atomic E-state index is 13.2. The zero-order valence-corrected chi connectivity index (χ0v) is 16.2. The van der Waals surface area contributed by atoms with Crippen LogP contribution in [0.4, 0.5) is 0 Å². The van der Waals surface area contributed by atoms with Crippen LogP contribution in [0.2, 0.25) is 0 Å². The highest BCUT2D eigenvalue weighted by Crippen LogP contribution is 2.31. The fourth-order valence-electron chi connectivity index (χ4n) is 2.91. The summed E-state index contributed by atoms with van der Waals surface area (Å²) in [5.41, 5.74) is 0.231. The molecule has 0 radical (unpaired) electrons. The fourth-order valence-corrected chi connectivity index (χ4v) is 2.91. The third-order valence-corrected chi connectivity index (χ3v) is 3.99. The number of rotatable bonds is 8. The van der Waals surface area contributed by atoms with E-state index in [-0.39, 0.29) is 41.5 Å². The van der Waals surface area contributed by atoms with Crippen molar-refractivity contribution < 1.29 is 29.3 Å². The Labute approximate surface area is 154 Å². The van der Waals surface area contributed by atoms with E-state index in [1.54, 1.807) is 24.0 Å². The van der Waals surface area contributed by atoms with E-state index in [9.17, 15) is 19.8 Å². The Morgan fingerprint density at radius 1 is 1.12 bits per heavy atom. The normalized spacial score (nSPS) is 13.5. The minimum absolute atomic E-state index is 0.0704. The predicted molar refractivity (Wildman–Crippen MR) is 97.0 cm³/mol. The molecule has 1 aromatic carbocycles. The van der Waals surface area contributed by atoms with E-state index >= 15 is 0 Å². The summed E-state index contributed by atoms with van der Waals surface area (Å²) in [7, 11) is 1.42. The minimum atomic E-state index is -1.81. The number of amides is 1. The molecule has 0 aliphatic carbocycles. The van der Waals surface area contributed by atoms with Gasteiger partial charge < -0.3 is 24.6 Å². The van der Waals surface area contributed by atoms with E-state index in [0.717, 1.165) is 0 Å². The number of nitrogens with zero attached hydrogens (tertiary/aromatic N) is 1. The van der Waals surface area contributed by atoms with Gasteiger partial charge in [-0.2, -0.15) is 0 Å². The average molecular weight is 367 g/mol. The zero-order chi connectivity index (χ0) is 20.0. The number of esters is 1. The van der Waals surface area contributed by atoms with E-state index in [0.29, 0.717) is 0 Å². The van der Waals surface area contributed by atoms with Gasteiger partial charge in [-0.1, -0.05) is 12.1 Å². The van der Waals surface area contributed by atoms with Crippen LogP contribution in [0, 0.1) is 0 Å². The van der Waals surface area contributed by atoms with Crippen LogP contribution in [0.3, 0.4) is 0 Å². The largest absolute Gasteiger partial charge is 0.496 e. The lowest BCUT2D eigenvalue weighted by Gasteiger charge is -2.32. The molecule has 0 spiro atoms. The SMILES string of the molecule is CCOC(=O)C(O)C(O)c1cccc(OC)c1C(=O)N(C(C)C)C(C)C. The molecule has 146 valence electrons. The molecule has 0 aliphatic heterocycles. The van der Waals surface area contributed by atoms with E-state index < -0.39 is 18.2 Å². The molecule has 0 bridgehead atoms. The molecule has 0 fully saturated rings. The summed E-state index contributed by atoms with van der Waals surface area (Å²) >= 11 is 0. The number of carbonyl (C=O) groups is 2. The van der Waals surface area contributed by atoms with Crippen molar-refractivity contribution in [2.24, 2.45) is 0 Å². The first-order valence-electron chi connectivity index (χ1n) is 8.69. The smallest absolute Gasteiger partial charge is 0.338 e. The maximum absolute atomic E-state index is 13.2. The Bertz CT molecular complexity index is 620. The van der Waals surface area contributed by atoms with Gasteiger partial charge in [0.1, 0.15) is 11.9 Å². The molecule has 0 saturated heterocycles. The molecule has 0 saturated carbocycles. The lowest BCUT2D eigenvalue weighted by atomic mass is 9.96. The summed E-state index contributed by atoms with van der Waals surface area (Å²) < 4.78 is 10.0. The molecule has 0 heterocycles. The maximum Gasteiger partial charge on any atom is 0.338 e. The van der Waals surface area contributed by atoms with Crippen molar-refractivity contribution in [2.45, 2.75) is 58.9 Å². The van der Waals surface area contributed by atoms with Crippen molar-refractivity contribution in [3.63, 3.8) is 0 Å². The second-order valence-corrected chi connectivity index (χ2v) is 6.47. The first-order valence-corrected chi connectivity index (χ1v) is 8.69. The second-order valence-electron chi connectivity index (χ2n) is 6.47. The summed E-state index contributed by atoms with van der Waals surface area (Å²) in [5.74, 6) is -1.04. The third-order valence-electron chi connectivity index (χ3n) is 3.99. The number of benzene rings is 1. The predicted octanol–water partition coefficient (Wildman–Crippen LogP) is 1.91. The van der Waals surface area contributed by atoms with E-state index in [1.807, 2.05) is 27.7 Å². The highest BCUT2D eigenvalue weighted by molar-refractivity contribution is 5.99. The molecule has 1 rings (SSSR count). The van der Waals surface area contributed by atoms with Gasteiger partial charge >= 0.3 is 5.97 Å². The first kappa shape index (κ1) is 21.9. The van der Waals surface area contributed by atoms with Gasteiger partial charge in [-0.05, 0) is 40.7 Å². The van der Waals surface area contributed by atoms with Crippen LogP contribution in [-0.4, -0.2) is 58.9 Å². The van der Waals surface area contributed by atoms with Gasteiger partial charge in [0.25, 0.3) is 5.91 Å². The van der Waals surface area contributed by atoms with Gasteiger partial charge in [-0.25, -0.2) is 4.79 Å². The highest BCUT2D eigenvalue weighted by atomic mass is 16.5. The van der Waals surface area contributed by atoms with E-state index in [1.165, 1.54) is 13.2 Å². The zero-order valence-electron chi connectivity index (χ0n) is 16.2. The van der Waals surface area contributed by atoms with E-state index in [2.05, 4.69) is 0 Å². The Balaban J connectivity index is 3.43. The molecule has 7 nitrogen and oxygen atoms in total. The van der Waals surface area contributed by atoms with Gasteiger partial charge in [0.05, 0.1) is 19.3 Å². The van der Waals surface area contributed by atoms with Crippen LogP contribution in [0.25, 0.3) is 0 Å². The van der Waals surface area contributed by atoms with Gasteiger partial charge in [-0.15, -0.1) is 0 Å².